The number of nitrogens with one attached hydrogen (secondary N) is 3. The Morgan fingerprint density at radius 3 is 2.77 bits per heavy atom. The molecule has 2 aliphatic heterocycles. The number of aromatic amines is 1. The summed E-state index contributed by atoms with van der Waals surface area (Å²) in [4.78, 5) is 12.2. The molecule has 4 heterocycles. The van der Waals surface area contributed by atoms with E-state index in [1.807, 2.05) is 0 Å². The van der Waals surface area contributed by atoms with E-state index < -0.39 is 10.0 Å². The summed E-state index contributed by atoms with van der Waals surface area (Å²) in [6.45, 7) is 2.55. The molecule has 184 valence electrons. The number of ether oxygens (including phenoxy) is 3. The zero-order chi connectivity index (χ0) is 24.4. The molecule has 0 aliphatic carbocycles. The molecular weight excluding hydrogens is 474 g/mol. The summed E-state index contributed by atoms with van der Waals surface area (Å²) in [7, 11) is -2.21. The van der Waals surface area contributed by atoms with Gasteiger partial charge in [0, 0.05) is 32.0 Å². The minimum absolute atomic E-state index is 0.0709. The van der Waals surface area contributed by atoms with Gasteiger partial charge in [0.25, 0.3) is 0 Å². The van der Waals surface area contributed by atoms with Crippen molar-refractivity contribution >= 4 is 38.5 Å². The Bertz CT molecular complexity index is 1370. The minimum atomic E-state index is -3.68. The van der Waals surface area contributed by atoms with Crippen LogP contribution in [0.3, 0.4) is 0 Å². The van der Waals surface area contributed by atoms with Crippen molar-refractivity contribution in [1.82, 2.24) is 19.3 Å². The predicted octanol–water partition coefficient (Wildman–Crippen LogP) is 1.80. The van der Waals surface area contributed by atoms with Gasteiger partial charge in [-0.2, -0.15) is 19.5 Å². The number of rotatable bonds is 7. The highest BCUT2D eigenvalue weighted by Gasteiger charge is 2.27. The summed E-state index contributed by atoms with van der Waals surface area (Å²) >= 11 is 0. The Balaban J connectivity index is 1.47. The predicted molar refractivity (Wildman–Crippen MR) is 127 cm³/mol. The van der Waals surface area contributed by atoms with E-state index in [2.05, 4.69) is 31.7 Å². The van der Waals surface area contributed by atoms with E-state index in [0.29, 0.717) is 73.4 Å². The van der Waals surface area contributed by atoms with Gasteiger partial charge in [-0.05, 0) is 18.6 Å². The number of nitriles is 1. The summed E-state index contributed by atoms with van der Waals surface area (Å²) in [5.74, 6) is 1.09. The van der Waals surface area contributed by atoms with Crippen LogP contribution in [0.2, 0.25) is 0 Å². The molecule has 0 amide bonds. The lowest BCUT2D eigenvalue weighted by Crippen LogP contribution is -2.40. The van der Waals surface area contributed by atoms with Crippen molar-refractivity contribution in [2.75, 3.05) is 57.3 Å². The molecule has 35 heavy (non-hydrogen) atoms. The second kappa shape index (κ2) is 9.67. The van der Waals surface area contributed by atoms with E-state index in [0.717, 1.165) is 6.42 Å². The monoisotopic (exact) mass is 499 g/mol. The van der Waals surface area contributed by atoms with Gasteiger partial charge >= 0.3 is 0 Å². The number of aromatic nitrogens is 3. The third-order valence-electron chi connectivity index (χ3n) is 5.95. The van der Waals surface area contributed by atoms with Crippen molar-refractivity contribution < 1.29 is 22.6 Å². The molecule has 12 nitrogen and oxygen atoms in total. The Morgan fingerprint density at radius 1 is 1.23 bits per heavy atom. The maximum Gasteiger partial charge on any atom is 0.243 e. The van der Waals surface area contributed by atoms with E-state index in [1.54, 1.807) is 12.3 Å². The van der Waals surface area contributed by atoms with E-state index in [4.69, 9.17) is 14.2 Å². The number of hydrogen-bond donors (Lipinski definition) is 3. The van der Waals surface area contributed by atoms with Gasteiger partial charge in [0.15, 0.2) is 0 Å². The molecule has 3 N–H and O–H groups in total. The third kappa shape index (κ3) is 4.61. The molecule has 0 radical (unpaired) electrons. The van der Waals surface area contributed by atoms with Crippen LogP contribution >= 0.6 is 0 Å². The Hall–Kier alpha value is -3.44. The maximum absolute atomic E-state index is 13.0. The first-order valence-corrected chi connectivity index (χ1v) is 12.6. The molecule has 1 atom stereocenters. The first-order chi connectivity index (χ1) is 17.0. The summed E-state index contributed by atoms with van der Waals surface area (Å²) in [6.07, 6.45) is 2.42. The number of sulfonamides is 1. The fourth-order valence-electron chi connectivity index (χ4n) is 4.11. The van der Waals surface area contributed by atoms with E-state index in [9.17, 15) is 13.7 Å². The standard InChI is InChI=1S/C22H25N7O5S/c1-32-18-10-16(35(30,31)29-5-8-33-9-6-29)2-3-17(18)26-22-27-20-19(14(11-23)12-24-20)21(28-22)25-15-4-7-34-13-15/h2-3,10,12,15H,4-9,13H2,1H3,(H3,24,25,26,27,28)/t15-/m1/s1. The zero-order valence-corrected chi connectivity index (χ0v) is 19.9. The molecule has 1 aromatic carbocycles. The average molecular weight is 500 g/mol. The second-order valence-corrected chi connectivity index (χ2v) is 10.1. The van der Waals surface area contributed by atoms with Gasteiger partial charge < -0.3 is 29.8 Å². The highest BCUT2D eigenvalue weighted by molar-refractivity contribution is 7.89. The molecular formula is C22H25N7O5S. The fourth-order valence-corrected chi connectivity index (χ4v) is 5.54. The van der Waals surface area contributed by atoms with Crippen molar-refractivity contribution in [1.29, 1.82) is 5.26 Å². The van der Waals surface area contributed by atoms with Gasteiger partial charge in [0.1, 0.15) is 23.3 Å². The largest absolute Gasteiger partial charge is 0.495 e. The van der Waals surface area contributed by atoms with Crippen LogP contribution < -0.4 is 15.4 Å². The number of morpholine rings is 1. The maximum atomic E-state index is 13.0. The summed E-state index contributed by atoms with van der Waals surface area (Å²) in [6, 6.07) is 6.84. The molecule has 13 heteroatoms. The van der Waals surface area contributed by atoms with Gasteiger partial charge in [0.05, 0.1) is 54.5 Å². The van der Waals surface area contributed by atoms with Crippen LogP contribution in [-0.2, 0) is 19.5 Å². The fraction of sp³-hybridized carbons (Fsp3) is 0.409. The minimum Gasteiger partial charge on any atom is -0.495 e. The number of methoxy groups -OCH3 is 1. The second-order valence-electron chi connectivity index (χ2n) is 8.14. The topological polar surface area (TPSA) is 154 Å². The van der Waals surface area contributed by atoms with Crippen molar-refractivity contribution in [3.63, 3.8) is 0 Å². The molecule has 2 fully saturated rings. The Labute approximate surface area is 202 Å². The van der Waals surface area contributed by atoms with Crippen LogP contribution in [0.4, 0.5) is 17.5 Å². The SMILES string of the molecule is COc1cc(S(=O)(=O)N2CCOCC2)ccc1Nc1nc(N[C@@H]2CCOC2)c2c(C#N)c[nH]c2n1. The number of fused-ring (bicyclic) bond motifs is 1. The normalized spacial score (nSPS) is 18.9. The Kier molecular flexibility index (Phi) is 6.44. The van der Waals surface area contributed by atoms with Crippen LogP contribution in [0.15, 0.2) is 29.3 Å². The van der Waals surface area contributed by atoms with Gasteiger partial charge in [-0.25, -0.2) is 8.42 Å². The van der Waals surface area contributed by atoms with Crippen molar-refractivity contribution in [2.45, 2.75) is 17.4 Å². The highest BCUT2D eigenvalue weighted by atomic mass is 32.2. The summed E-state index contributed by atoms with van der Waals surface area (Å²) in [5.41, 5.74) is 1.42. The molecule has 3 aromatic rings. The van der Waals surface area contributed by atoms with Crippen molar-refractivity contribution in [3.8, 4) is 11.8 Å². The van der Waals surface area contributed by atoms with Crippen molar-refractivity contribution in [2.24, 2.45) is 0 Å². The van der Waals surface area contributed by atoms with Gasteiger partial charge in [0.2, 0.25) is 16.0 Å². The molecule has 2 saturated heterocycles. The van der Waals surface area contributed by atoms with E-state index >= 15 is 0 Å². The molecule has 2 aliphatic rings. The number of H-pyrrole nitrogens is 1. The zero-order valence-electron chi connectivity index (χ0n) is 19.1. The van der Waals surface area contributed by atoms with Crippen LogP contribution in [0.5, 0.6) is 5.75 Å². The number of anilines is 3. The van der Waals surface area contributed by atoms with E-state index in [-0.39, 0.29) is 16.9 Å². The van der Waals surface area contributed by atoms with E-state index in [1.165, 1.54) is 23.5 Å². The lowest BCUT2D eigenvalue weighted by molar-refractivity contribution is 0.0730. The third-order valence-corrected chi connectivity index (χ3v) is 7.84. The molecule has 0 spiro atoms. The molecule has 2 aromatic heterocycles. The lowest BCUT2D eigenvalue weighted by atomic mass is 10.2. The molecule has 0 unspecified atom stereocenters. The van der Waals surface area contributed by atoms with Crippen molar-refractivity contribution in [3.05, 3.63) is 30.0 Å². The number of nitrogens with zero attached hydrogens (tertiary/aromatic N) is 4. The van der Waals surface area contributed by atoms with Crippen LogP contribution in [0.1, 0.15) is 12.0 Å². The van der Waals surface area contributed by atoms with Gasteiger partial charge in [-0.1, -0.05) is 0 Å². The average Bonchev–Trinajstić information content (AvgIpc) is 3.54. The molecule has 0 saturated carbocycles. The molecule has 0 bridgehead atoms. The smallest absolute Gasteiger partial charge is 0.243 e. The molecule has 5 rings (SSSR count). The van der Waals surface area contributed by atoms with Gasteiger partial charge in [-0.3, -0.25) is 0 Å². The Morgan fingerprint density at radius 2 is 2.06 bits per heavy atom. The van der Waals surface area contributed by atoms with Crippen LogP contribution in [0.25, 0.3) is 11.0 Å². The summed E-state index contributed by atoms with van der Waals surface area (Å²) < 4.78 is 43.7. The lowest BCUT2D eigenvalue weighted by Gasteiger charge is -2.26. The van der Waals surface area contributed by atoms with Crippen LogP contribution in [0, 0.1) is 11.3 Å². The quantitative estimate of drug-likeness (QED) is 0.438. The first-order valence-electron chi connectivity index (χ1n) is 11.2. The van der Waals surface area contributed by atoms with Gasteiger partial charge in [-0.15, -0.1) is 0 Å². The number of benzene rings is 1. The number of hydrogen-bond acceptors (Lipinski definition) is 10. The summed E-state index contributed by atoms with van der Waals surface area (Å²) in [5, 5.41) is 16.6. The first kappa shape index (κ1) is 23.3. The van der Waals surface area contributed by atoms with Crippen LogP contribution in [-0.4, -0.2) is 80.3 Å². The highest BCUT2D eigenvalue weighted by Crippen LogP contribution is 2.33.